The summed E-state index contributed by atoms with van der Waals surface area (Å²) in [6.07, 6.45) is 7.52. The summed E-state index contributed by atoms with van der Waals surface area (Å²) in [5.74, 6) is 3.76. The van der Waals surface area contributed by atoms with E-state index in [4.69, 9.17) is 23.9 Å². The van der Waals surface area contributed by atoms with Crippen LogP contribution in [0.15, 0.2) is 36.7 Å². The lowest BCUT2D eigenvalue weighted by Gasteiger charge is -2.26. The van der Waals surface area contributed by atoms with Crippen LogP contribution in [-0.4, -0.2) is 69.5 Å². The summed E-state index contributed by atoms with van der Waals surface area (Å²) in [4.78, 5) is 13.7. The van der Waals surface area contributed by atoms with Crippen LogP contribution in [-0.2, 0) is 6.54 Å². The van der Waals surface area contributed by atoms with Crippen molar-refractivity contribution in [2.45, 2.75) is 44.8 Å². The Morgan fingerprint density at radius 1 is 0.833 bits per heavy atom. The van der Waals surface area contributed by atoms with Crippen molar-refractivity contribution in [3.8, 4) is 23.0 Å². The molecule has 1 aromatic heterocycles. The number of nitrogens with zero attached hydrogens (tertiary/aromatic N) is 4. The smallest absolute Gasteiger partial charge is 0.162 e. The molecule has 0 spiro atoms. The molecule has 4 rings (SSSR count). The van der Waals surface area contributed by atoms with Crippen molar-refractivity contribution >= 4 is 16.7 Å². The SMILES string of the molecule is COc1cc2ncnc(N(CCCN(C)C)Cc3ccc(OC)c(OC4CCCC4)c3)c2cc1OC. The first-order valence-corrected chi connectivity index (χ1v) is 12.6. The van der Waals surface area contributed by atoms with Crippen molar-refractivity contribution in [3.05, 3.63) is 42.2 Å². The van der Waals surface area contributed by atoms with Gasteiger partial charge in [-0.15, -0.1) is 0 Å². The number of anilines is 1. The molecule has 0 unspecified atom stereocenters. The summed E-state index contributed by atoms with van der Waals surface area (Å²) in [6.45, 7) is 2.50. The molecule has 2 aromatic carbocycles. The molecular formula is C28H38N4O4. The van der Waals surface area contributed by atoms with E-state index in [1.165, 1.54) is 12.8 Å². The molecule has 1 aliphatic carbocycles. The Bertz CT molecular complexity index is 1150. The lowest BCUT2D eigenvalue weighted by molar-refractivity contribution is 0.200. The van der Waals surface area contributed by atoms with Gasteiger partial charge >= 0.3 is 0 Å². The lowest BCUT2D eigenvalue weighted by Crippen LogP contribution is -2.28. The molecule has 8 nitrogen and oxygen atoms in total. The number of ether oxygens (including phenoxy) is 4. The summed E-state index contributed by atoms with van der Waals surface area (Å²) in [7, 11) is 9.16. The van der Waals surface area contributed by atoms with E-state index < -0.39 is 0 Å². The van der Waals surface area contributed by atoms with Crippen molar-refractivity contribution in [1.82, 2.24) is 14.9 Å². The maximum atomic E-state index is 6.36. The Labute approximate surface area is 214 Å². The number of fused-ring (bicyclic) bond motifs is 1. The minimum absolute atomic E-state index is 0.263. The highest BCUT2D eigenvalue weighted by atomic mass is 16.5. The van der Waals surface area contributed by atoms with Crippen molar-refractivity contribution in [2.75, 3.05) is 53.4 Å². The van der Waals surface area contributed by atoms with Gasteiger partial charge in [-0.1, -0.05) is 6.07 Å². The van der Waals surface area contributed by atoms with E-state index in [1.807, 2.05) is 18.2 Å². The van der Waals surface area contributed by atoms with Crippen LogP contribution >= 0.6 is 0 Å². The average Bonchev–Trinajstić information content (AvgIpc) is 3.40. The van der Waals surface area contributed by atoms with Gasteiger partial charge < -0.3 is 28.7 Å². The number of aromatic nitrogens is 2. The van der Waals surface area contributed by atoms with Crippen LogP contribution in [0, 0.1) is 0 Å². The summed E-state index contributed by atoms with van der Waals surface area (Å²) in [5, 5.41) is 0.927. The highest BCUT2D eigenvalue weighted by molar-refractivity contribution is 5.92. The van der Waals surface area contributed by atoms with Gasteiger partial charge in [0.15, 0.2) is 23.0 Å². The normalized spacial score (nSPS) is 13.8. The number of rotatable bonds is 12. The summed E-state index contributed by atoms with van der Waals surface area (Å²) < 4.78 is 23.0. The molecule has 36 heavy (non-hydrogen) atoms. The van der Waals surface area contributed by atoms with E-state index in [0.717, 1.165) is 66.1 Å². The van der Waals surface area contributed by atoms with Crippen LogP contribution in [0.4, 0.5) is 5.82 Å². The minimum atomic E-state index is 0.263. The summed E-state index contributed by atoms with van der Waals surface area (Å²) in [5.41, 5.74) is 1.95. The molecule has 0 atom stereocenters. The molecule has 1 saturated carbocycles. The Balaban J connectivity index is 1.68. The van der Waals surface area contributed by atoms with Gasteiger partial charge in [0.25, 0.3) is 0 Å². The molecule has 0 amide bonds. The zero-order valence-electron chi connectivity index (χ0n) is 22.1. The zero-order valence-corrected chi connectivity index (χ0v) is 22.1. The molecule has 1 heterocycles. The fourth-order valence-electron chi connectivity index (χ4n) is 4.78. The van der Waals surface area contributed by atoms with E-state index in [-0.39, 0.29) is 6.10 Å². The first-order chi connectivity index (χ1) is 17.5. The van der Waals surface area contributed by atoms with E-state index >= 15 is 0 Å². The van der Waals surface area contributed by atoms with Crippen LogP contribution in [0.2, 0.25) is 0 Å². The van der Waals surface area contributed by atoms with E-state index in [9.17, 15) is 0 Å². The maximum Gasteiger partial charge on any atom is 0.162 e. The van der Waals surface area contributed by atoms with Crippen LogP contribution < -0.4 is 23.8 Å². The summed E-state index contributed by atoms with van der Waals surface area (Å²) >= 11 is 0. The van der Waals surface area contributed by atoms with Crippen LogP contribution in [0.3, 0.4) is 0 Å². The van der Waals surface area contributed by atoms with Crippen molar-refractivity contribution < 1.29 is 18.9 Å². The van der Waals surface area contributed by atoms with Gasteiger partial charge in [-0.25, -0.2) is 9.97 Å². The molecular weight excluding hydrogens is 456 g/mol. The highest BCUT2D eigenvalue weighted by Gasteiger charge is 2.20. The first-order valence-electron chi connectivity index (χ1n) is 12.6. The molecule has 0 bridgehead atoms. The second-order valence-electron chi connectivity index (χ2n) is 9.51. The molecule has 0 N–H and O–H groups in total. The largest absolute Gasteiger partial charge is 0.493 e. The van der Waals surface area contributed by atoms with Gasteiger partial charge in [0.05, 0.1) is 33.0 Å². The van der Waals surface area contributed by atoms with E-state index in [2.05, 4.69) is 41.0 Å². The number of methoxy groups -OCH3 is 3. The molecule has 1 aliphatic rings. The van der Waals surface area contributed by atoms with Crippen molar-refractivity contribution in [2.24, 2.45) is 0 Å². The fraction of sp³-hybridized carbons (Fsp3) is 0.500. The predicted octanol–water partition coefficient (Wildman–Crippen LogP) is 4.94. The van der Waals surface area contributed by atoms with Gasteiger partial charge in [-0.05, 0) is 76.5 Å². The summed E-state index contributed by atoms with van der Waals surface area (Å²) in [6, 6.07) is 10.1. The van der Waals surface area contributed by atoms with Gasteiger partial charge in [-0.2, -0.15) is 0 Å². The van der Waals surface area contributed by atoms with Crippen molar-refractivity contribution in [1.29, 1.82) is 0 Å². The quantitative estimate of drug-likeness (QED) is 0.351. The molecule has 1 fully saturated rings. The second-order valence-corrected chi connectivity index (χ2v) is 9.51. The molecule has 3 aromatic rings. The van der Waals surface area contributed by atoms with Gasteiger partial charge in [0, 0.05) is 24.5 Å². The molecule has 8 heteroatoms. The number of benzene rings is 2. The van der Waals surface area contributed by atoms with Gasteiger partial charge in [0.2, 0.25) is 0 Å². The second kappa shape index (κ2) is 12.1. The average molecular weight is 495 g/mol. The Morgan fingerprint density at radius 2 is 1.56 bits per heavy atom. The van der Waals surface area contributed by atoms with Crippen LogP contribution in [0.1, 0.15) is 37.7 Å². The van der Waals surface area contributed by atoms with E-state index in [1.54, 1.807) is 27.7 Å². The fourth-order valence-corrected chi connectivity index (χ4v) is 4.78. The third-order valence-electron chi connectivity index (χ3n) is 6.65. The van der Waals surface area contributed by atoms with Crippen molar-refractivity contribution in [3.63, 3.8) is 0 Å². The standard InChI is InChI=1S/C28H38N4O4/c1-31(2)13-8-14-32(28-22-16-25(34-4)26(35-5)17-23(22)29-19-30-28)18-20-11-12-24(33-3)27(15-20)36-21-9-6-7-10-21/h11-12,15-17,19,21H,6-10,13-14,18H2,1-5H3. The number of hydrogen-bond acceptors (Lipinski definition) is 8. The molecule has 0 radical (unpaired) electrons. The van der Waals surface area contributed by atoms with Crippen LogP contribution in [0.5, 0.6) is 23.0 Å². The Hall–Kier alpha value is -3.26. The lowest BCUT2D eigenvalue weighted by atomic mass is 10.1. The van der Waals surface area contributed by atoms with Gasteiger partial charge in [0.1, 0.15) is 12.1 Å². The maximum absolute atomic E-state index is 6.36. The molecule has 0 aliphatic heterocycles. The van der Waals surface area contributed by atoms with Gasteiger partial charge in [-0.3, -0.25) is 0 Å². The Kier molecular flexibility index (Phi) is 8.70. The molecule has 0 saturated heterocycles. The third-order valence-corrected chi connectivity index (χ3v) is 6.65. The van der Waals surface area contributed by atoms with Crippen LogP contribution in [0.25, 0.3) is 10.9 Å². The monoisotopic (exact) mass is 494 g/mol. The predicted molar refractivity (Wildman–Crippen MR) is 143 cm³/mol. The Morgan fingerprint density at radius 3 is 2.25 bits per heavy atom. The first kappa shape index (κ1) is 25.8. The minimum Gasteiger partial charge on any atom is -0.493 e. The third kappa shape index (κ3) is 6.10. The number of hydrogen-bond donors (Lipinski definition) is 0. The van der Waals surface area contributed by atoms with E-state index in [0.29, 0.717) is 18.0 Å². The molecule has 194 valence electrons. The topological polar surface area (TPSA) is 69.2 Å². The highest BCUT2D eigenvalue weighted by Crippen LogP contribution is 2.36. The zero-order chi connectivity index (χ0) is 25.5.